The Morgan fingerprint density at radius 2 is 1.90 bits per heavy atom. The fraction of sp³-hybridized carbons (Fsp3) is 0.250. The van der Waals surface area contributed by atoms with Gasteiger partial charge in [-0.1, -0.05) is 48.0 Å². The number of carboxylic acid groups (broad SMARTS) is 1. The maximum absolute atomic E-state index is 11.3. The molecule has 0 amide bonds. The molecule has 104 valence electrons. The van der Waals surface area contributed by atoms with E-state index in [-0.39, 0.29) is 12.2 Å². The van der Waals surface area contributed by atoms with Crippen LogP contribution in [-0.4, -0.2) is 16.9 Å². The van der Waals surface area contributed by atoms with Crippen LogP contribution in [0.1, 0.15) is 18.9 Å². The molecule has 0 bridgehead atoms. The third-order valence-corrected chi connectivity index (χ3v) is 3.88. The summed E-state index contributed by atoms with van der Waals surface area (Å²) >= 11 is 6.35. The fourth-order valence-electron chi connectivity index (χ4n) is 2.27. The zero-order chi connectivity index (χ0) is 14.7. The van der Waals surface area contributed by atoms with E-state index >= 15 is 0 Å². The number of carbonyl (C=O) groups is 2. The number of aliphatic carboxylic acids is 1. The second kappa shape index (κ2) is 6.06. The Kier molecular flexibility index (Phi) is 4.40. The summed E-state index contributed by atoms with van der Waals surface area (Å²) in [6, 6.07) is 11.6. The van der Waals surface area contributed by atoms with Gasteiger partial charge in [0.25, 0.3) is 0 Å². The topological polar surface area (TPSA) is 54.4 Å². The van der Waals surface area contributed by atoms with Crippen molar-refractivity contribution in [2.75, 3.05) is 0 Å². The number of fused-ring (bicyclic) bond motifs is 1. The monoisotopic (exact) mass is 290 g/mol. The Morgan fingerprint density at radius 3 is 2.55 bits per heavy atom. The molecule has 0 spiro atoms. The first-order valence-corrected chi connectivity index (χ1v) is 6.78. The van der Waals surface area contributed by atoms with Crippen molar-refractivity contribution in [1.29, 1.82) is 0 Å². The number of hydrogen-bond acceptors (Lipinski definition) is 2. The Labute approximate surface area is 122 Å². The van der Waals surface area contributed by atoms with Crippen LogP contribution in [0, 0.1) is 5.92 Å². The van der Waals surface area contributed by atoms with E-state index < -0.39 is 11.9 Å². The lowest BCUT2D eigenvalue weighted by Crippen LogP contribution is -2.22. The minimum atomic E-state index is -1.07. The number of ketones is 1. The van der Waals surface area contributed by atoms with Gasteiger partial charge in [0.15, 0.2) is 0 Å². The lowest BCUT2D eigenvalue weighted by Gasteiger charge is -2.11. The van der Waals surface area contributed by atoms with Crippen molar-refractivity contribution in [1.82, 2.24) is 0 Å². The molecule has 1 unspecified atom stereocenters. The first-order valence-electron chi connectivity index (χ1n) is 6.40. The SMILES string of the molecule is CC(=O)C(CCc1ccc2ccccc2c1Cl)C(=O)O. The molecule has 0 saturated carbocycles. The second-order valence-electron chi connectivity index (χ2n) is 4.80. The molecule has 0 radical (unpaired) electrons. The number of benzene rings is 2. The van der Waals surface area contributed by atoms with Crippen LogP contribution in [0.15, 0.2) is 36.4 Å². The minimum absolute atomic E-state index is 0.267. The molecule has 2 aromatic carbocycles. The van der Waals surface area contributed by atoms with Gasteiger partial charge in [-0.05, 0) is 30.7 Å². The predicted molar refractivity (Wildman–Crippen MR) is 79.1 cm³/mol. The van der Waals surface area contributed by atoms with Gasteiger partial charge in [0.05, 0.1) is 5.02 Å². The number of aryl methyl sites for hydroxylation is 1. The highest BCUT2D eigenvalue weighted by molar-refractivity contribution is 6.36. The largest absolute Gasteiger partial charge is 0.481 e. The average molecular weight is 291 g/mol. The Morgan fingerprint density at radius 1 is 1.20 bits per heavy atom. The van der Waals surface area contributed by atoms with Crippen LogP contribution in [0.2, 0.25) is 5.02 Å². The summed E-state index contributed by atoms with van der Waals surface area (Å²) in [5.74, 6) is -2.36. The zero-order valence-electron chi connectivity index (χ0n) is 11.1. The molecule has 0 heterocycles. The van der Waals surface area contributed by atoms with Gasteiger partial charge >= 0.3 is 5.97 Å². The fourth-order valence-corrected chi connectivity index (χ4v) is 2.60. The van der Waals surface area contributed by atoms with E-state index in [1.807, 2.05) is 36.4 Å². The maximum Gasteiger partial charge on any atom is 0.314 e. The van der Waals surface area contributed by atoms with Crippen molar-refractivity contribution in [3.63, 3.8) is 0 Å². The van der Waals surface area contributed by atoms with Gasteiger partial charge in [0, 0.05) is 5.39 Å². The Balaban J connectivity index is 2.24. The van der Waals surface area contributed by atoms with Gasteiger partial charge < -0.3 is 5.11 Å². The molecule has 3 nitrogen and oxygen atoms in total. The van der Waals surface area contributed by atoms with E-state index in [9.17, 15) is 9.59 Å². The third-order valence-electron chi connectivity index (χ3n) is 3.43. The van der Waals surface area contributed by atoms with E-state index in [2.05, 4.69) is 0 Å². The standard InChI is InChI=1S/C16H15ClO3/c1-10(18)13(16(19)20)9-8-12-7-6-11-4-2-3-5-14(11)15(12)17/h2-7,13H,8-9H2,1H3,(H,19,20). The summed E-state index contributed by atoms with van der Waals surface area (Å²) in [6.07, 6.45) is 0.739. The molecule has 0 aliphatic rings. The van der Waals surface area contributed by atoms with Crippen molar-refractivity contribution >= 4 is 34.1 Å². The summed E-state index contributed by atoms with van der Waals surface area (Å²) in [7, 11) is 0. The molecule has 0 saturated heterocycles. The van der Waals surface area contributed by atoms with Crippen molar-refractivity contribution < 1.29 is 14.7 Å². The minimum Gasteiger partial charge on any atom is -0.481 e. The van der Waals surface area contributed by atoms with Crippen molar-refractivity contribution in [3.8, 4) is 0 Å². The Bertz CT molecular complexity index is 650. The lowest BCUT2D eigenvalue weighted by atomic mass is 9.95. The summed E-state index contributed by atoms with van der Waals surface area (Å²) in [6.45, 7) is 1.31. The molecule has 2 aromatic rings. The van der Waals surface area contributed by atoms with E-state index in [1.54, 1.807) is 0 Å². The quantitative estimate of drug-likeness (QED) is 0.854. The Hall–Kier alpha value is -1.87. The van der Waals surface area contributed by atoms with E-state index in [0.717, 1.165) is 16.3 Å². The van der Waals surface area contributed by atoms with Crippen molar-refractivity contribution in [2.24, 2.45) is 5.92 Å². The van der Waals surface area contributed by atoms with E-state index in [4.69, 9.17) is 16.7 Å². The highest BCUT2D eigenvalue weighted by atomic mass is 35.5. The first kappa shape index (κ1) is 14.5. The molecule has 0 fully saturated rings. The van der Waals surface area contributed by atoms with Gasteiger partial charge in [-0.3, -0.25) is 9.59 Å². The number of hydrogen-bond donors (Lipinski definition) is 1. The number of rotatable bonds is 5. The number of Topliss-reactive ketones (excluding diaryl/α,β-unsaturated/α-hetero) is 1. The molecule has 0 aliphatic carbocycles. The van der Waals surface area contributed by atoms with Crippen LogP contribution < -0.4 is 0 Å². The highest BCUT2D eigenvalue weighted by Gasteiger charge is 2.22. The third kappa shape index (κ3) is 2.99. The highest BCUT2D eigenvalue weighted by Crippen LogP contribution is 2.28. The normalized spacial score (nSPS) is 12.3. The van der Waals surface area contributed by atoms with Crippen LogP contribution in [0.5, 0.6) is 0 Å². The molecule has 1 N–H and O–H groups in total. The molecule has 1 atom stereocenters. The first-order chi connectivity index (χ1) is 9.50. The average Bonchev–Trinajstić information content (AvgIpc) is 2.41. The van der Waals surface area contributed by atoms with E-state index in [1.165, 1.54) is 6.92 Å². The lowest BCUT2D eigenvalue weighted by molar-refractivity contribution is -0.145. The molecule has 4 heteroatoms. The summed E-state index contributed by atoms with van der Waals surface area (Å²) in [5, 5.41) is 11.6. The van der Waals surface area contributed by atoms with Gasteiger partial charge in [-0.15, -0.1) is 0 Å². The molecule has 0 aromatic heterocycles. The maximum atomic E-state index is 11.3. The molecule has 20 heavy (non-hydrogen) atoms. The summed E-state index contributed by atoms with van der Waals surface area (Å²) in [4.78, 5) is 22.3. The van der Waals surface area contributed by atoms with Gasteiger partial charge in [-0.2, -0.15) is 0 Å². The number of halogens is 1. The number of carboxylic acids is 1. The van der Waals surface area contributed by atoms with Crippen molar-refractivity contribution in [3.05, 3.63) is 47.0 Å². The number of carbonyl (C=O) groups excluding carboxylic acids is 1. The van der Waals surface area contributed by atoms with Crippen molar-refractivity contribution in [2.45, 2.75) is 19.8 Å². The van der Waals surface area contributed by atoms with Crippen LogP contribution in [0.25, 0.3) is 10.8 Å². The van der Waals surface area contributed by atoms with Gasteiger partial charge in [0.2, 0.25) is 0 Å². The van der Waals surface area contributed by atoms with Gasteiger partial charge in [0.1, 0.15) is 11.7 Å². The summed E-state index contributed by atoms with van der Waals surface area (Å²) in [5.41, 5.74) is 0.873. The molecular formula is C16H15ClO3. The van der Waals surface area contributed by atoms with Crippen LogP contribution in [0.3, 0.4) is 0 Å². The van der Waals surface area contributed by atoms with Crippen LogP contribution in [0.4, 0.5) is 0 Å². The summed E-state index contributed by atoms with van der Waals surface area (Å²) < 4.78 is 0. The zero-order valence-corrected chi connectivity index (χ0v) is 11.9. The second-order valence-corrected chi connectivity index (χ2v) is 5.18. The molecule has 2 rings (SSSR count). The van der Waals surface area contributed by atoms with E-state index in [0.29, 0.717) is 11.4 Å². The molecule has 0 aliphatic heterocycles. The molecular weight excluding hydrogens is 276 g/mol. The predicted octanol–water partition coefficient (Wildman–Crippen LogP) is 3.72. The van der Waals surface area contributed by atoms with Crippen LogP contribution in [-0.2, 0) is 16.0 Å². The smallest absolute Gasteiger partial charge is 0.314 e. The van der Waals surface area contributed by atoms with Crippen LogP contribution >= 0.6 is 11.6 Å². The van der Waals surface area contributed by atoms with Gasteiger partial charge in [-0.25, -0.2) is 0 Å².